The van der Waals surface area contributed by atoms with Gasteiger partial charge in [-0.3, -0.25) is 0 Å². The summed E-state index contributed by atoms with van der Waals surface area (Å²) in [7, 11) is 1.76. The molecule has 0 radical (unpaired) electrons. The van der Waals surface area contributed by atoms with Crippen molar-refractivity contribution in [1.29, 1.82) is 0 Å². The molecule has 0 aliphatic carbocycles. The van der Waals surface area contributed by atoms with E-state index in [1.807, 2.05) is 0 Å². The summed E-state index contributed by atoms with van der Waals surface area (Å²) in [6, 6.07) is 4.48. The Hall–Kier alpha value is -1.02. The molecule has 0 atom stereocenters. The van der Waals surface area contributed by atoms with Crippen molar-refractivity contribution in [1.82, 2.24) is 0 Å². The van der Waals surface area contributed by atoms with Gasteiger partial charge in [0.25, 0.3) is 0 Å². The maximum Gasteiger partial charge on any atom is 0.125 e. The summed E-state index contributed by atoms with van der Waals surface area (Å²) < 4.78 is 5.58. The normalized spacial score (nSPS) is 12.0. The van der Waals surface area contributed by atoms with Crippen molar-refractivity contribution in [2.24, 2.45) is 5.73 Å². The van der Waals surface area contributed by atoms with Crippen LogP contribution < -0.4 is 10.5 Å². The van der Waals surface area contributed by atoms with Crippen LogP contribution in [0.4, 0.5) is 0 Å². The van der Waals surface area contributed by atoms with Crippen molar-refractivity contribution in [2.75, 3.05) is 7.11 Å². The number of nitrogens with two attached hydrogens (primary N) is 1. The fourth-order valence-electron chi connectivity index (χ4n) is 2.35. The minimum atomic E-state index is -0.173. The molecule has 1 rings (SSSR count). The van der Waals surface area contributed by atoms with E-state index in [-0.39, 0.29) is 5.54 Å². The molecule has 0 saturated heterocycles. The number of benzene rings is 1. The van der Waals surface area contributed by atoms with Gasteiger partial charge in [0.15, 0.2) is 0 Å². The van der Waals surface area contributed by atoms with Crippen LogP contribution in [-0.4, -0.2) is 12.6 Å². The van der Waals surface area contributed by atoms with Gasteiger partial charge in [-0.2, -0.15) is 0 Å². The molecule has 0 heterocycles. The Morgan fingerprint density at radius 2 is 1.89 bits per heavy atom. The fourth-order valence-corrected chi connectivity index (χ4v) is 2.35. The van der Waals surface area contributed by atoms with Crippen LogP contribution in [0.2, 0.25) is 0 Å². The van der Waals surface area contributed by atoms with Crippen molar-refractivity contribution in [3.63, 3.8) is 0 Å². The molecule has 2 nitrogen and oxygen atoms in total. The van der Waals surface area contributed by atoms with Gasteiger partial charge >= 0.3 is 0 Å². The summed E-state index contributed by atoms with van der Waals surface area (Å²) >= 11 is 0. The maximum atomic E-state index is 6.12. The molecular weight excluding hydrogens is 222 g/mol. The molecule has 0 aliphatic rings. The fraction of sp³-hybridized carbons (Fsp3) is 0.625. The average molecular weight is 249 g/mol. The molecule has 0 saturated carbocycles. The lowest BCUT2D eigenvalue weighted by molar-refractivity contribution is 0.402. The third-order valence-electron chi connectivity index (χ3n) is 3.12. The van der Waals surface area contributed by atoms with E-state index in [0.717, 1.165) is 18.6 Å². The molecule has 0 amide bonds. The molecule has 0 aromatic heterocycles. The molecule has 0 bridgehead atoms. The standard InChI is InChI=1S/C16H27NO/c1-7-13-8-12(10-16(4,5)17)9-14(11(2)3)15(13)18-6/h8-9,11H,7,10,17H2,1-6H3. The van der Waals surface area contributed by atoms with Crippen molar-refractivity contribution >= 4 is 0 Å². The summed E-state index contributed by atoms with van der Waals surface area (Å²) in [6.45, 7) is 10.7. The second kappa shape index (κ2) is 5.75. The van der Waals surface area contributed by atoms with E-state index in [0.29, 0.717) is 5.92 Å². The zero-order chi connectivity index (χ0) is 13.9. The van der Waals surface area contributed by atoms with E-state index in [9.17, 15) is 0 Å². The number of methoxy groups -OCH3 is 1. The van der Waals surface area contributed by atoms with Crippen LogP contribution >= 0.6 is 0 Å². The zero-order valence-electron chi connectivity index (χ0n) is 12.6. The van der Waals surface area contributed by atoms with Crippen molar-refractivity contribution in [2.45, 2.75) is 58.9 Å². The van der Waals surface area contributed by atoms with E-state index in [1.54, 1.807) is 7.11 Å². The first-order chi connectivity index (χ1) is 8.28. The second-order valence-electron chi connectivity index (χ2n) is 6.05. The second-order valence-corrected chi connectivity index (χ2v) is 6.05. The molecule has 102 valence electrons. The van der Waals surface area contributed by atoms with Gasteiger partial charge in [-0.15, -0.1) is 0 Å². The van der Waals surface area contributed by atoms with E-state index in [2.05, 4.69) is 46.8 Å². The Kier molecular flexibility index (Phi) is 4.80. The first-order valence-electron chi connectivity index (χ1n) is 6.77. The van der Waals surface area contributed by atoms with Crippen LogP contribution in [-0.2, 0) is 12.8 Å². The monoisotopic (exact) mass is 249 g/mol. The van der Waals surface area contributed by atoms with Gasteiger partial charge in [0.2, 0.25) is 0 Å². The van der Waals surface area contributed by atoms with Gasteiger partial charge in [-0.25, -0.2) is 0 Å². The molecule has 2 N–H and O–H groups in total. The third kappa shape index (κ3) is 3.74. The topological polar surface area (TPSA) is 35.2 Å². The molecule has 0 unspecified atom stereocenters. The quantitative estimate of drug-likeness (QED) is 0.864. The number of hydrogen-bond acceptors (Lipinski definition) is 2. The van der Waals surface area contributed by atoms with Gasteiger partial charge in [0, 0.05) is 5.54 Å². The van der Waals surface area contributed by atoms with Crippen molar-refractivity contribution in [3.8, 4) is 5.75 Å². The minimum absolute atomic E-state index is 0.173. The van der Waals surface area contributed by atoms with Crippen LogP contribution in [0.3, 0.4) is 0 Å². The summed E-state index contributed by atoms with van der Waals surface area (Å²) in [6.07, 6.45) is 1.88. The lowest BCUT2D eigenvalue weighted by Crippen LogP contribution is -2.34. The smallest absolute Gasteiger partial charge is 0.125 e. The van der Waals surface area contributed by atoms with Crippen LogP contribution in [0, 0.1) is 0 Å². The van der Waals surface area contributed by atoms with Gasteiger partial charge < -0.3 is 10.5 Å². The van der Waals surface area contributed by atoms with E-state index in [1.165, 1.54) is 16.7 Å². The lowest BCUT2D eigenvalue weighted by atomic mass is 9.89. The Balaban J connectivity index is 3.27. The summed E-state index contributed by atoms with van der Waals surface area (Å²) in [5.74, 6) is 1.51. The van der Waals surface area contributed by atoms with Gasteiger partial charge in [0.1, 0.15) is 5.75 Å². The van der Waals surface area contributed by atoms with E-state index >= 15 is 0 Å². The third-order valence-corrected chi connectivity index (χ3v) is 3.12. The number of ether oxygens (including phenoxy) is 1. The lowest BCUT2D eigenvalue weighted by Gasteiger charge is -2.22. The first-order valence-corrected chi connectivity index (χ1v) is 6.77. The molecular formula is C16H27NO. The zero-order valence-corrected chi connectivity index (χ0v) is 12.6. The van der Waals surface area contributed by atoms with Crippen molar-refractivity contribution in [3.05, 3.63) is 28.8 Å². The summed E-state index contributed by atoms with van der Waals surface area (Å²) in [4.78, 5) is 0. The van der Waals surface area contributed by atoms with Crippen LogP contribution in [0.15, 0.2) is 12.1 Å². The molecule has 18 heavy (non-hydrogen) atoms. The Morgan fingerprint density at radius 3 is 2.28 bits per heavy atom. The highest BCUT2D eigenvalue weighted by Crippen LogP contribution is 2.32. The number of aryl methyl sites for hydroxylation is 1. The van der Waals surface area contributed by atoms with Gasteiger partial charge in [-0.05, 0) is 49.3 Å². The first kappa shape index (κ1) is 15.0. The van der Waals surface area contributed by atoms with Crippen LogP contribution in [0.5, 0.6) is 5.75 Å². The van der Waals surface area contributed by atoms with Crippen LogP contribution in [0.25, 0.3) is 0 Å². The SMILES string of the molecule is CCc1cc(CC(C)(C)N)cc(C(C)C)c1OC. The highest BCUT2D eigenvalue weighted by atomic mass is 16.5. The summed E-state index contributed by atoms with van der Waals surface area (Å²) in [5, 5.41) is 0. The number of hydrogen-bond donors (Lipinski definition) is 1. The van der Waals surface area contributed by atoms with Crippen molar-refractivity contribution < 1.29 is 4.74 Å². The molecule has 0 fully saturated rings. The Bertz CT molecular complexity index is 402. The van der Waals surface area contributed by atoms with Crippen LogP contribution in [0.1, 0.15) is 57.2 Å². The molecule has 1 aromatic carbocycles. The minimum Gasteiger partial charge on any atom is -0.496 e. The predicted octanol–water partition coefficient (Wildman–Crippen LogP) is 3.66. The highest BCUT2D eigenvalue weighted by molar-refractivity contribution is 5.46. The molecule has 2 heteroatoms. The predicted molar refractivity (Wildman–Crippen MR) is 78.4 cm³/mol. The molecule has 0 aliphatic heterocycles. The average Bonchev–Trinajstić information content (AvgIpc) is 2.25. The molecule has 1 aromatic rings. The Labute approximate surface area is 112 Å². The maximum absolute atomic E-state index is 6.12. The van der Waals surface area contributed by atoms with E-state index in [4.69, 9.17) is 10.5 Å². The van der Waals surface area contributed by atoms with E-state index < -0.39 is 0 Å². The van der Waals surface area contributed by atoms with Gasteiger partial charge in [-0.1, -0.05) is 32.9 Å². The number of rotatable bonds is 5. The highest BCUT2D eigenvalue weighted by Gasteiger charge is 2.17. The summed E-state index contributed by atoms with van der Waals surface area (Å²) in [5.41, 5.74) is 9.83. The van der Waals surface area contributed by atoms with Gasteiger partial charge in [0.05, 0.1) is 7.11 Å². The largest absolute Gasteiger partial charge is 0.496 e. The Morgan fingerprint density at radius 1 is 1.28 bits per heavy atom. The molecule has 0 spiro atoms.